The van der Waals surface area contributed by atoms with Crippen LogP contribution in [0, 0.1) is 31.1 Å². The Labute approximate surface area is 169 Å². The minimum absolute atomic E-state index is 0.0199. The molecule has 0 bridgehead atoms. The van der Waals surface area contributed by atoms with Gasteiger partial charge in [0.05, 0.1) is 6.07 Å². The van der Waals surface area contributed by atoms with Crippen molar-refractivity contribution in [2.24, 2.45) is 5.92 Å². The van der Waals surface area contributed by atoms with Crippen LogP contribution in [-0.2, 0) is 4.79 Å². The number of anilines is 1. The summed E-state index contributed by atoms with van der Waals surface area (Å²) in [6.45, 7) is 10.1. The highest BCUT2D eigenvalue weighted by molar-refractivity contribution is 5.78. The first kappa shape index (κ1) is 20.7. The molecular weight excluding hydrogens is 348 g/mol. The molecule has 1 aliphatic heterocycles. The molecule has 0 atom stereocenters. The van der Waals surface area contributed by atoms with Gasteiger partial charge in [-0.05, 0) is 75.6 Å². The summed E-state index contributed by atoms with van der Waals surface area (Å²) in [6.07, 6.45) is 5.75. The van der Waals surface area contributed by atoms with Crippen molar-refractivity contribution < 1.29 is 4.79 Å². The number of carbonyl (C=O) groups is 1. The van der Waals surface area contributed by atoms with Crippen molar-refractivity contribution in [3.63, 3.8) is 0 Å². The van der Waals surface area contributed by atoms with Gasteiger partial charge in [-0.3, -0.25) is 9.69 Å². The Morgan fingerprint density at radius 1 is 1.14 bits per heavy atom. The number of piperazine rings is 1. The molecule has 0 unspecified atom stereocenters. The minimum Gasteiger partial charge on any atom is -0.369 e. The predicted octanol–water partition coefficient (Wildman–Crippen LogP) is 3.40. The zero-order chi connectivity index (χ0) is 19.9. The molecule has 0 spiro atoms. The molecule has 1 heterocycles. The van der Waals surface area contributed by atoms with Crippen molar-refractivity contribution in [2.75, 3.05) is 37.6 Å². The molecule has 28 heavy (non-hydrogen) atoms. The van der Waals surface area contributed by atoms with Crippen molar-refractivity contribution in [1.82, 2.24) is 10.2 Å². The largest absolute Gasteiger partial charge is 0.369 e. The third-order valence-electron chi connectivity index (χ3n) is 6.38. The monoisotopic (exact) mass is 382 g/mol. The van der Waals surface area contributed by atoms with Crippen molar-refractivity contribution in [3.05, 3.63) is 29.3 Å². The van der Waals surface area contributed by atoms with Crippen LogP contribution in [0.2, 0.25) is 0 Å². The van der Waals surface area contributed by atoms with Crippen LogP contribution in [0.25, 0.3) is 0 Å². The summed E-state index contributed by atoms with van der Waals surface area (Å²) >= 11 is 0. The van der Waals surface area contributed by atoms with Crippen molar-refractivity contribution in [3.8, 4) is 6.07 Å². The molecule has 1 aliphatic carbocycles. The summed E-state index contributed by atoms with van der Waals surface area (Å²) in [5, 5.41) is 11.6. The van der Waals surface area contributed by atoms with Gasteiger partial charge in [0.25, 0.3) is 0 Å². The summed E-state index contributed by atoms with van der Waals surface area (Å²) in [6, 6.07) is 8.94. The Hall–Kier alpha value is -2.06. The van der Waals surface area contributed by atoms with E-state index in [0.717, 1.165) is 44.9 Å². The van der Waals surface area contributed by atoms with Gasteiger partial charge in [0, 0.05) is 37.9 Å². The molecule has 3 rings (SSSR count). The summed E-state index contributed by atoms with van der Waals surface area (Å²) in [5.41, 5.74) is 4.11. The highest BCUT2D eigenvalue weighted by Gasteiger charge is 2.24. The van der Waals surface area contributed by atoms with Gasteiger partial charge in [-0.25, -0.2) is 0 Å². The molecule has 2 fully saturated rings. The van der Waals surface area contributed by atoms with E-state index in [-0.39, 0.29) is 18.4 Å². The zero-order valence-electron chi connectivity index (χ0n) is 17.4. The fourth-order valence-corrected chi connectivity index (χ4v) is 4.58. The topological polar surface area (TPSA) is 59.4 Å². The molecule has 1 saturated heterocycles. The Kier molecular flexibility index (Phi) is 7.33. The molecule has 1 amide bonds. The van der Waals surface area contributed by atoms with Crippen molar-refractivity contribution in [2.45, 2.75) is 58.4 Å². The van der Waals surface area contributed by atoms with Gasteiger partial charge in [0.15, 0.2) is 0 Å². The maximum atomic E-state index is 11.5. The van der Waals surface area contributed by atoms with Gasteiger partial charge in [0.2, 0.25) is 5.91 Å². The predicted molar refractivity (Wildman–Crippen MR) is 113 cm³/mol. The molecule has 0 radical (unpaired) electrons. The number of carbonyl (C=O) groups excluding carboxylic acids is 1. The first-order chi connectivity index (χ1) is 13.5. The molecule has 0 aromatic heterocycles. The van der Waals surface area contributed by atoms with Gasteiger partial charge < -0.3 is 10.2 Å². The summed E-state index contributed by atoms with van der Waals surface area (Å²) in [5.74, 6) is 0.661. The van der Waals surface area contributed by atoms with Crippen molar-refractivity contribution >= 4 is 11.6 Å². The third-order valence-corrected chi connectivity index (χ3v) is 6.38. The fourth-order valence-electron chi connectivity index (χ4n) is 4.58. The maximum absolute atomic E-state index is 11.5. The van der Waals surface area contributed by atoms with Crippen LogP contribution < -0.4 is 10.2 Å². The van der Waals surface area contributed by atoms with E-state index in [1.807, 2.05) is 6.07 Å². The molecule has 1 aromatic rings. The van der Waals surface area contributed by atoms with E-state index < -0.39 is 0 Å². The van der Waals surface area contributed by atoms with E-state index in [2.05, 4.69) is 47.2 Å². The van der Waals surface area contributed by atoms with Crippen molar-refractivity contribution in [1.29, 1.82) is 5.26 Å². The molecule has 5 heteroatoms. The number of benzene rings is 1. The van der Waals surface area contributed by atoms with Gasteiger partial charge in [-0.2, -0.15) is 5.26 Å². The summed E-state index contributed by atoms with van der Waals surface area (Å²) in [4.78, 5) is 16.7. The maximum Gasteiger partial charge on any atom is 0.234 e. The highest BCUT2D eigenvalue weighted by atomic mass is 16.1. The lowest BCUT2D eigenvalue weighted by Crippen LogP contribution is -2.47. The smallest absolute Gasteiger partial charge is 0.234 e. The van der Waals surface area contributed by atoms with Crippen LogP contribution >= 0.6 is 0 Å². The van der Waals surface area contributed by atoms with E-state index in [9.17, 15) is 4.79 Å². The van der Waals surface area contributed by atoms with Crippen LogP contribution in [-0.4, -0.2) is 49.6 Å². The Balaban J connectivity index is 1.36. The van der Waals surface area contributed by atoms with Crippen LogP contribution in [0.1, 0.15) is 49.7 Å². The van der Waals surface area contributed by atoms with E-state index in [1.165, 1.54) is 42.6 Å². The second-order valence-corrected chi connectivity index (χ2v) is 8.53. The molecular formula is C23H34N4O. The number of hydrogen-bond donors (Lipinski definition) is 1. The number of rotatable bonds is 6. The van der Waals surface area contributed by atoms with E-state index in [0.29, 0.717) is 0 Å². The lowest BCUT2D eigenvalue weighted by molar-refractivity contribution is -0.121. The van der Waals surface area contributed by atoms with Crippen LogP contribution in [0.4, 0.5) is 5.69 Å². The van der Waals surface area contributed by atoms with E-state index in [4.69, 9.17) is 5.26 Å². The van der Waals surface area contributed by atoms with Gasteiger partial charge in [-0.1, -0.05) is 12.1 Å². The highest BCUT2D eigenvalue weighted by Crippen LogP contribution is 2.28. The first-order valence-corrected chi connectivity index (χ1v) is 10.8. The quantitative estimate of drug-likeness (QED) is 0.819. The number of aryl methyl sites for hydroxylation is 2. The number of hydrogen-bond acceptors (Lipinski definition) is 4. The molecule has 1 aromatic carbocycles. The Morgan fingerprint density at radius 3 is 2.54 bits per heavy atom. The first-order valence-electron chi connectivity index (χ1n) is 10.8. The average Bonchev–Trinajstić information content (AvgIpc) is 2.70. The normalized spacial score (nSPS) is 23.2. The third kappa shape index (κ3) is 5.72. The van der Waals surface area contributed by atoms with E-state index >= 15 is 0 Å². The molecule has 152 valence electrons. The summed E-state index contributed by atoms with van der Waals surface area (Å²) < 4.78 is 0. The second kappa shape index (κ2) is 9.93. The van der Waals surface area contributed by atoms with Gasteiger partial charge in [-0.15, -0.1) is 0 Å². The SMILES string of the molecule is Cc1ccc(C)c(N2CCN(CCC3CCC(NC(=O)CC#N)CC3)CC2)c1. The van der Waals surface area contributed by atoms with E-state index in [1.54, 1.807) is 0 Å². The van der Waals surface area contributed by atoms with Crippen LogP contribution in [0.5, 0.6) is 0 Å². The number of nitrogens with zero attached hydrogens (tertiary/aromatic N) is 3. The average molecular weight is 383 g/mol. The number of amides is 1. The van der Waals surface area contributed by atoms with Crippen LogP contribution in [0.15, 0.2) is 18.2 Å². The number of nitriles is 1. The minimum atomic E-state index is -0.118. The van der Waals surface area contributed by atoms with Crippen LogP contribution in [0.3, 0.4) is 0 Å². The lowest BCUT2D eigenvalue weighted by Gasteiger charge is -2.38. The van der Waals surface area contributed by atoms with Gasteiger partial charge in [0.1, 0.15) is 6.42 Å². The molecule has 1 N–H and O–H groups in total. The Morgan fingerprint density at radius 2 is 1.86 bits per heavy atom. The lowest BCUT2D eigenvalue weighted by atomic mass is 9.84. The fraction of sp³-hybridized carbons (Fsp3) is 0.652. The Bertz CT molecular complexity index is 695. The molecule has 1 saturated carbocycles. The standard InChI is InChI=1S/C23H34N4O/c1-18-3-4-19(2)22(17-18)27-15-13-26(14-16-27)12-10-20-5-7-21(8-6-20)25-23(28)9-11-24/h3-4,17,20-21H,5-10,12-16H2,1-2H3,(H,25,28). The summed E-state index contributed by atoms with van der Waals surface area (Å²) in [7, 11) is 0. The zero-order valence-corrected chi connectivity index (χ0v) is 17.4. The second-order valence-electron chi connectivity index (χ2n) is 8.53. The number of nitrogens with one attached hydrogen (secondary N) is 1. The molecule has 5 nitrogen and oxygen atoms in total. The molecule has 2 aliphatic rings. The van der Waals surface area contributed by atoms with Gasteiger partial charge >= 0.3 is 0 Å².